The van der Waals surface area contributed by atoms with Crippen LogP contribution in [-0.2, 0) is 4.79 Å². The molecule has 0 aliphatic carbocycles. The molecular weight excluding hydrogens is 228 g/mol. The number of aliphatic hydroxyl groups excluding tert-OH is 1. The average Bonchev–Trinajstić information content (AvgIpc) is 2.33. The van der Waals surface area contributed by atoms with Gasteiger partial charge in [-0.2, -0.15) is 0 Å². The summed E-state index contributed by atoms with van der Waals surface area (Å²) in [5.74, 6) is 0.488. The van der Waals surface area contributed by atoms with Gasteiger partial charge in [-0.3, -0.25) is 4.79 Å². The molecule has 0 aromatic heterocycles. The van der Waals surface area contributed by atoms with Gasteiger partial charge >= 0.3 is 0 Å². The molecule has 0 bridgehead atoms. The quantitative estimate of drug-likeness (QED) is 0.671. The maximum Gasteiger partial charge on any atom is 0.237 e. The SMILES string of the molecule is CCC(CCO)CNC(=O)C1NCCCC1(C)C. The number of carbonyl (C=O) groups excluding carboxylic acids is 1. The molecule has 1 saturated heterocycles. The van der Waals surface area contributed by atoms with Gasteiger partial charge in [-0.15, -0.1) is 0 Å². The van der Waals surface area contributed by atoms with Gasteiger partial charge in [-0.1, -0.05) is 27.2 Å². The smallest absolute Gasteiger partial charge is 0.237 e. The van der Waals surface area contributed by atoms with Crippen LogP contribution in [0.5, 0.6) is 0 Å². The van der Waals surface area contributed by atoms with Crippen molar-refractivity contribution in [3.05, 3.63) is 0 Å². The summed E-state index contributed by atoms with van der Waals surface area (Å²) in [5, 5.41) is 15.3. The fraction of sp³-hybridized carbons (Fsp3) is 0.929. The number of hydrogen-bond acceptors (Lipinski definition) is 3. The maximum atomic E-state index is 12.2. The summed E-state index contributed by atoms with van der Waals surface area (Å²) < 4.78 is 0. The molecule has 0 spiro atoms. The molecule has 0 aromatic carbocycles. The largest absolute Gasteiger partial charge is 0.396 e. The minimum Gasteiger partial charge on any atom is -0.396 e. The van der Waals surface area contributed by atoms with Gasteiger partial charge in [0, 0.05) is 13.2 Å². The van der Waals surface area contributed by atoms with Gasteiger partial charge < -0.3 is 15.7 Å². The maximum absolute atomic E-state index is 12.2. The normalized spacial score (nSPS) is 24.6. The van der Waals surface area contributed by atoms with Gasteiger partial charge in [-0.25, -0.2) is 0 Å². The molecule has 18 heavy (non-hydrogen) atoms. The molecule has 1 rings (SSSR count). The van der Waals surface area contributed by atoms with Crippen LogP contribution >= 0.6 is 0 Å². The molecule has 1 aliphatic heterocycles. The van der Waals surface area contributed by atoms with Crippen molar-refractivity contribution in [2.45, 2.75) is 52.5 Å². The van der Waals surface area contributed by atoms with Crippen molar-refractivity contribution in [2.24, 2.45) is 11.3 Å². The lowest BCUT2D eigenvalue weighted by atomic mass is 9.77. The molecule has 2 atom stereocenters. The third-order valence-electron chi connectivity index (χ3n) is 4.07. The van der Waals surface area contributed by atoms with Crippen molar-refractivity contribution in [2.75, 3.05) is 19.7 Å². The standard InChI is InChI=1S/C14H28N2O2/c1-4-11(6-9-17)10-16-13(18)12-14(2,3)7-5-8-15-12/h11-12,15,17H,4-10H2,1-3H3,(H,16,18). The second kappa shape index (κ2) is 7.10. The monoisotopic (exact) mass is 256 g/mol. The van der Waals surface area contributed by atoms with E-state index in [1.165, 1.54) is 0 Å². The van der Waals surface area contributed by atoms with Crippen LogP contribution in [-0.4, -0.2) is 36.8 Å². The second-order valence-corrected chi connectivity index (χ2v) is 6.01. The Morgan fingerprint density at radius 2 is 2.28 bits per heavy atom. The number of amides is 1. The second-order valence-electron chi connectivity index (χ2n) is 6.01. The average molecular weight is 256 g/mol. The van der Waals surface area contributed by atoms with Crippen LogP contribution in [0.15, 0.2) is 0 Å². The molecule has 0 aromatic rings. The number of rotatable bonds is 6. The summed E-state index contributed by atoms with van der Waals surface area (Å²) in [7, 11) is 0. The van der Waals surface area contributed by atoms with E-state index < -0.39 is 0 Å². The minimum atomic E-state index is -0.0853. The third-order valence-corrected chi connectivity index (χ3v) is 4.07. The third kappa shape index (κ3) is 4.25. The Labute approximate surface area is 111 Å². The molecule has 1 amide bonds. The van der Waals surface area contributed by atoms with E-state index in [4.69, 9.17) is 5.11 Å². The molecule has 1 aliphatic rings. The Morgan fingerprint density at radius 3 is 2.83 bits per heavy atom. The van der Waals surface area contributed by atoms with Crippen molar-refractivity contribution >= 4 is 5.91 Å². The van der Waals surface area contributed by atoms with Crippen LogP contribution in [0, 0.1) is 11.3 Å². The molecule has 1 fully saturated rings. The Hall–Kier alpha value is -0.610. The fourth-order valence-electron chi connectivity index (χ4n) is 2.64. The van der Waals surface area contributed by atoms with Crippen LogP contribution < -0.4 is 10.6 Å². The molecule has 0 radical (unpaired) electrons. The summed E-state index contributed by atoms with van der Waals surface area (Å²) in [6.07, 6.45) is 3.98. The van der Waals surface area contributed by atoms with Crippen molar-refractivity contribution in [1.82, 2.24) is 10.6 Å². The van der Waals surface area contributed by atoms with Crippen LogP contribution in [0.25, 0.3) is 0 Å². The van der Waals surface area contributed by atoms with Crippen molar-refractivity contribution in [3.63, 3.8) is 0 Å². The number of aliphatic hydroxyl groups is 1. The zero-order valence-corrected chi connectivity index (χ0v) is 12.0. The molecule has 2 unspecified atom stereocenters. The molecule has 0 saturated carbocycles. The number of carbonyl (C=O) groups is 1. The zero-order chi connectivity index (χ0) is 13.6. The van der Waals surface area contributed by atoms with Gasteiger partial charge in [0.2, 0.25) is 5.91 Å². The lowest BCUT2D eigenvalue weighted by molar-refractivity contribution is -0.127. The summed E-state index contributed by atoms with van der Waals surface area (Å²) in [5.41, 5.74) is 0.0288. The van der Waals surface area contributed by atoms with Gasteiger partial charge in [0.1, 0.15) is 0 Å². The van der Waals surface area contributed by atoms with E-state index in [2.05, 4.69) is 31.4 Å². The van der Waals surface area contributed by atoms with Gasteiger partial charge in [0.25, 0.3) is 0 Å². The summed E-state index contributed by atoms with van der Waals surface area (Å²) in [6, 6.07) is -0.0853. The Bertz CT molecular complexity index is 267. The van der Waals surface area contributed by atoms with E-state index >= 15 is 0 Å². The molecule has 106 valence electrons. The van der Waals surface area contributed by atoms with Gasteiger partial charge in [-0.05, 0) is 37.1 Å². The summed E-state index contributed by atoms with van der Waals surface area (Å²) in [4.78, 5) is 12.2. The lowest BCUT2D eigenvalue weighted by Crippen LogP contribution is -2.56. The predicted molar refractivity (Wildman–Crippen MR) is 73.3 cm³/mol. The number of hydrogen-bond donors (Lipinski definition) is 3. The van der Waals surface area contributed by atoms with E-state index in [-0.39, 0.29) is 24.0 Å². The van der Waals surface area contributed by atoms with E-state index in [1.54, 1.807) is 0 Å². The molecule has 1 heterocycles. The predicted octanol–water partition coefficient (Wildman–Crippen LogP) is 1.29. The molecule has 4 heteroatoms. The first-order chi connectivity index (χ1) is 8.51. The Morgan fingerprint density at radius 1 is 1.56 bits per heavy atom. The molecule has 4 nitrogen and oxygen atoms in total. The highest BCUT2D eigenvalue weighted by Gasteiger charge is 2.36. The van der Waals surface area contributed by atoms with E-state index in [0.29, 0.717) is 12.5 Å². The highest BCUT2D eigenvalue weighted by atomic mass is 16.3. The van der Waals surface area contributed by atoms with Crippen LogP contribution in [0.2, 0.25) is 0 Å². The van der Waals surface area contributed by atoms with Crippen LogP contribution in [0.3, 0.4) is 0 Å². The van der Waals surface area contributed by atoms with E-state index in [9.17, 15) is 4.79 Å². The topological polar surface area (TPSA) is 61.4 Å². The highest BCUT2D eigenvalue weighted by molar-refractivity contribution is 5.82. The number of nitrogens with one attached hydrogen (secondary N) is 2. The number of piperidine rings is 1. The first-order valence-corrected chi connectivity index (χ1v) is 7.13. The van der Waals surface area contributed by atoms with Crippen molar-refractivity contribution in [1.29, 1.82) is 0 Å². The first-order valence-electron chi connectivity index (χ1n) is 7.13. The van der Waals surface area contributed by atoms with Gasteiger partial charge in [0.05, 0.1) is 6.04 Å². The van der Waals surface area contributed by atoms with Crippen LogP contribution in [0.1, 0.15) is 46.5 Å². The molecular formula is C14H28N2O2. The van der Waals surface area contributed by atoms with E-state index in [0.717, 1.165) is 32.2 Å². The summed E-state index contributed by atoms with van der Waals surface area (Å²) in [6.45, 7) is 8.18. The summed E-state index contributed by atoms with van der Waals surface area (Å²) >= 11 is 0. The van der Waals surface area contributed by atoms with E-state index in [1.807, 2.05) is 0 Å². The van der Waals surface area contributed by atoms with Gasteiger partial charge in [0.15, 0.2) is 0 Å². The Balaban J connectivity index is 2.44. The Kier molecular flexibility index (Phi) is 6.09. The minimum absolute atomic E-state index is 0.0288. The molecule has 3 N–H and O–H groups in total. The fourth-order valence-corrected chi connectivity index (χ4v) is 2.64. The first kappa shape index (κ1) is 15.4. The van der Waals surface area contributed by atoms with Crippen LogP contribution in [0.4, 0.5) is 0 Å². The van der Waals surface area contributed by atoms with Crippen molar-refractivity contribution < 1.29 is 9.90 Å². The van der Waals surface area contributed by atoms with Crippen molar-refractivity contribution in [3.8, 4) is 0 Å². The zero-order valence-electron chi connectivity index (χ0n) is 12.0. The highest BCUT2D eigenvalue weighted by Crippen LogP contribution is 2.30. The lowest BCUT2D eigenvalue weighted by Gasteiger charge is -2.38.